The highest BCUT2D eigenvalue weighted by Crippen LogP contribution is 2.29. The molecule has 0 fully saturated rings. The van der Waals surface area contributed by atoms with Crippen LogP contribution in [0.1, 0.15) is 0 Å². The zero-order valence-corrected chi connectivity index (χ0v) is 25.1. The lowest BCUT2D eigenvalue weighted by atomic mass is 9.99. The molecule has 0 bridgehead atoms. The molecular weight excluding hydrogens is 686 g/mol. The van der Waals surface area contributed by atoms with Gasteiger partial charge in [0.15, 0.2) is 0 Å². The lowest BCUT2D eigenvalue weighted by Gasteiger charge is -2.07. The van der Waals surface area contributed by atoms with Gasteiger partial charge >= 0.3 is 0 Å². The van der Waals surface area contributed by atoms with Crippen LogP contribution in [0.25, 0.3) is 44.5 Å². The first-order valence-corrected chi connectivity index (χ1v) is 14.6. The second-order valence-electron chi connectivity index (χ2n) is 8.91. The van der Waals surface area contributed by atoms with Crippen molar-refractivity contribution in [1.82, 2.24) is 0 Å². The van der Waals surface area contributed by atoms with E-state index < -0.39 is 0 Å². The third-order valence-corrected chi connectivity index (χ3v) is 7.60. The molecule has 0 N–H and O–H groups in total. The zero-order chi connectivity index (χ0) is 26.2. The molecule has 2 heteroatoms. The summed E-state index contributed by atoms with van der Waals surface area (Å²) in [5.41, 5.74) is 10.1. The van der Waals surface area contributed by atoms with Gasteiger partial charge < -0.3 is 0 Å². The summed E-state index contributed by atoms with van der Waals surface area (Å²) in [6.07, 6.45) is 0. The average Bonchev–Trinajstić information content (AvgIpc) is 2.99. The fourth-order valence-corrected chi connectivity index (χ4v) is 5.37. The number of hydrogen-bond donors (Lipinski definition) is 0. The number of rotatable bonds is 4. The molecule has 6 aromatic rings. The third kappa shape index (κ3) is 7.00. The van der Waals surface area contributed by atoms with Crippen LogP contribution in [-0.4, -0.2) is 0 Å². The van der Waals surface area contributed by atoms with Gasteiger partial charge in [-0.25, -0.2) is 0 Å². The van der Waals surface area contributed by atoms with Crippen molar-refractivity contribution in [3.63, 3.8) is 0 Å². The van der Waals surface area contributed by atoms with E-state index in [1.807, 2.05) is 6.07 Å². The van der Waals surface area contributed by atoms with E-state index in [4.69, 9.17) is 0 Å². The largest absolute Gasteiger partial charge is 0.0622 e. The molecule has 0 unspecified atom stereocenters. The Hall–Kier alpha value is -3.22. The Morgan fingerprint density at radius 3 is 1.03 bits per heavy atom. The molecule has 0 aromatic heterocycles. The molecule has 0 aliphatic heterocycles. The van der Waals surface area contributed by atoms with Crippen molar-refractivity contribution in [2.75, 3.05) is 0 Å². The monoisotopic (exact) mass is 712 g/mol. The molecule has 0 spiro atoms. The second kappa shape index (κ2) is 13.0. The molecule has 0 saturated carbocycles. The summed E-state index contributed by atoms with van der Waals surface area (Å²) in [6, 6.07) is 55.6. The van der Waals surface area contributed by atoms with Crippen LogP contribution in [0.15, 0.2) is 158 Å². The normalized spacial score (nSPS) is 10.4. The molecule has 6 rings (SSSR count). The van der Waals surface area contributed by atoms with Crippen molar-refractivity contribution < 1.29 is 0 Å². The molecule has 0 heterocycles. The SMILES string of the molecule is Ic1cc(-c2ccccc2)cc(-c2ccccc2)c1.Ic1ccc(-c2cccc(-c3ccccc3)c2)cc1. The van der Waals surface area contributed by atoms with Gasteiger partial charge in [0.1, 0.15) is 0 Å². The van der Waals surface area contributed by atoms with Crippen LogP contribution in [-0.2, 0) is 0 Å². The molecule has 0 nitrogen and oxygen atoms in total. The molecule has 0 aliphatic carbocycles. The highest BCUT2D eigenvalue weighted by atomic mass is 127. The van der Waals surface area contributed by atoms with Gasteiger partial charge in [0.2, 0.25) is 0 Å². The van der Waals surface area contributed by atoms with E-state index in [0.29, 0.717) is 0 Å². The maximum atomic E-state index is 2.38. The summed E-state index contributed by atoms with van der Waals surface area (Å²) in [6.45, 7) is 0. The molecule has 0 aliphatic rings. The molecule has 184 valence electrons. The summed E-state index contributed by atoms with van der Waals surface area (Å²) in [7, 11) is 0. The van der Waals surface area contributed by atoms with Crippen LogP contribution >= 0.6 is 45.2 Å². The Morgan fingerprint density at radius 1 is 0.237 bits per heavy atom. The molecule has 38 heavy (non-hydrogen) atoms. The van der Waals surface area contributed by atoms with Crippen molar-refractivity contribution in [3.8, 4) is 44.5 Å². The van der Waals surface area contributed by atoms with Gasteiger partial charge in [0.05, 0.1) is 0 Å². The number of halogens is 2. The molecule has 6 aromatic carbocycles. The highest BCUT2D eigenvalue weighted by molar-refractivity contribution is 14.1. The van der Waals surface area contributed by atoms with Crippen LogP contribution < -0.4 is 0 Å². The van der Waals surface area contributed by atoms with Gasteiger partial charge in [0, 0.05) is 7.14 Å². The Labute approximate surface area is 252 Å². The maximum absolute atomic E-state index is 2.38. The van der Waals surface area contributed by atoms with Crippen molar-refractivity contribution in [2.24, 2.45) is 0 Å². The van der Waals surface area contributed by atoms with Crippen LogP contribution in [0.2, 0.25) is 0 Å². The fraction of sp³-hybridized carbons (Fsp3) is 0. The van der Waals surface area contributed by atoms with Crippen molar-refractivity contribution >= 4 is 45.2 Å². The van der Waals surface area contributed by atoms with Crippen LogP contribution in [0.4, 0.5) is 0 Å². The van der Waals surface area contributed by atoms with Gasteiger partial charge in [-0.1, -0.05) is 121 Å². The van der Waals surface area contributed by atoms with Gasteiger partial charge in [-0.2, -0.15) is 0 Å². The van der Waals surface area contributed by atoms with Crippen molar-refractivity contribution in [3.05, 3.63) is 165 Å². The minimum absolute atomic E-state index is 1.26. The van der Waals surface area contributed by atoms with E-state index >= 15 is 0 Å². The van der Waals surface area contributed by atoms with E-state index in [-0.39, 0.29) is 0 Å². The quantitative estimate of drug-likeness (QED) is 0.160. The standard InChI is InChI=1S/2C18H13I/c19-18-12-16(14-7-3-1-4-8-14)11-17(13-18)15-9-5-2-6-10-15;19-18-11-9-15(10-12-18)17-8-4-7-16(13-17)14-5-2-1-3-6-14/h2*1-13H. The Bertz CT molecular complexity index is 1530. The third-order valence-electron chi connectivity index (χ3n) is 6.26. The van der Waals surface area contributed by atoms with E-state index in [9.17, 15) is 0 Å². The molecule has 0 saturated heterocycles. The summed E-state index contributed by atoms with van der Waals surface area (Å²) in [5.74, 6) is 0. The summed E-state index contributed by atoms with van der Waals surface area (Å²) in [4.78, 5) is 0. The van der Waals surface area contributed by atoms with Gasteiger partial charge in [0.25, 0.3) is 0 Å². The van der Waals surface area contributed by atoms with E-state index in [1.54, 1.807) is 0 Å². The van der Waals surface area contributed by atoms with E-state index in [0.717, 1.165) is 0 Å². The lowest BCUT2D eigenvalue weighted by Crippen LogP contribution is -1.83. The highest BCUT2D eigenvalue weighted by Gasteiger charge is 2.04. The molecular formula is C36H26I2. The Balaban J connectivity index is 0.000000155. The summed E-state index contributed by atoms with van der Waals surface area (Å²) in [5, 5.41) is 0. The van der Waals surface area contributed by atoms with E-state index in [2.05, 4.69) is 197 Å². The predicted octanol–water partition coefficient (Wildman–Crippen LogP) is 11.3. The topological polar surface area (TPSA) is 0 Å². The van der Waals surface area contributed by atoms with E-state index in [1.165, 1.54) is 51.6 Å². The average molecular weight is 712 g/mol. The predicted molar refractivity (Wildman–Crippen MR) is 180 cm³/mol. The van der Waals surface area contributed by atoms with Crippen LogP contribution in [0.3, 0.4) is 0 Å². The fourth-order valence-electron chi connectivity index (χ4n) is 4.34. The van der Waals surface area contributed by atoms with Gasteiger partial charge in [-0.15, -0.1) is 0 Å². The second-order valence-corrected chi connectivity index (χ2v) is 11.4. The van der Waals surface area contributed by atoms with Gasteiger partial charge in [-0.3, -0.25) is 0 Å². The number of hydrogen-bond acceptors (Lipinski definition) is 0. The first kappa shape index (κ1) is 26.4. The summed E-state index contributed by atoms with van der Waals surface area (Å²) < 4.78 is 2.53. The molecule has 0 radical (unpaired) electrons. The lowest BCUT2D eigenvalue weighted by molar-refractivity contribution is 1.56. The minimum atomic E-state index is 1.26. The maximum Gasteiger partial charge on any atom is 0.0142 e. The Morgan fingerprint density at radius 2 is 0.579 bits per heavy atom. The zero-order valence-electron chi connectivity index (χ0n) is 20.8. The molecule has 0 atom stereocenters. The first-order valence-electron chi connectivity index (χ1n) is 12.5. The van der Waals surface area contributed by atoms with Crippen LogP contribution in [0.5, 0.6) is 0 Å². The minimum Gasteiger partial charge on any atom is -0.0622 e. The number of benzene rings is 6. The van der Waals surface area contributed by atoms with Crippen molar-refractivity contribution in [1.29, 1.82) is 0 Å². The summed E-state index contributed by atoms with van der Waals surface area (Å²) >= 11 is 4.72. The smallest absolute Gasteiger partial charge is 0.0142 e. The van der Waals surface area contributed by atoms with Crippen LogP contribution in [0, 0.1) is 7.14 Å². The first-order chi connectivity index (χ1) is 18.7. The molecule has 0 amide bonds. The van der Waals surface area contributed by atoms with Crippen molar-refractivity contribution in [2.45, 2.75) is 0 Å². The van der Waals surface area contributed by atoms with Gasteiger partial charge in [-0.05, 0) is 126 Å². The Kier molecular flexibility index (Phi) is 9.05.